The molecule has 2 N–H and O–H groups in total. The smallest absolute Gasteiger partial charge is 0.459 e. The van der Waals surface area contributed by atoms with Crippen LogP contribution in [0, 0.1) is 10.1 Å². The van der Waals surface area contributed by atoms with Gasteiger partial charge in [0.25, 0.3) is 5.69 Å². The summed E-state index contributed by atoms with van der Waals surface area (Å²) in [6, 6.07) is 8.55. The molecule has 0 bridgehead atoms. The van der Waals surface area contributed by atoms with Gasteiger partial charge in [-0.25, -0.2) is 4.57 Å². The molecule has 2 aromatic rings. The number of carbonyl (C=O) groups excluding carboxylic acids is 1. The number of aliphatic hydroxyl groups is 1. The highest BCUT2D eigenvalue weighted by atomic mass is 31.2. The second-order valence-corrected chi connectivity index (χ2v) is 8.77. The number of hydrogen-bond acceptors (Lipinski definition) is 9. The highest BCUT2D eigenvalue weighted by Gasteiger charge is 2.39. The molecule has 174 valence electrons. The summed E-state index contributed by atoms with van der Waals surface area (Å²) in [5.74, 6) is -0.428. The Morgan fingerprint density at radius 1 is 1.41 bits per heavy atom. The van der Waals surface area contributed by atoms with Gasteiger partial charge >= 0.3 is 13.7 Å². The van der Waals surface area contributed by atoms with Crippen LogP contribution in [0.5, 0.6) is 5.75 Å². The van der Waals surface area contributed by atoms with Crippen molar-refractivity contribution < 1.29 is 37.9 Å². The average molecular weight is 469 g/mol. The van der Waals surface area contributed by atoms with Gasteiger partial charge in [-0.2, -0.15) is 5.09 Å². The molecule has 0 saturated carbocycles. The first-order chi connectivity index (χ1) is 15.2. The summed E-state index contributed by atoms with van der Waals surface area (Å²) in [7, 11) is -2.89. The van der Waals surface area contributed by atoms with E-state index in [0.29, 0.717) is 0 Å². The molecule has 2 unspecified atom stereocenters. The molecule has 0 spiro atoms. The number of para-hydroxylation sites is 1. The van der Waals surface area contributed by atoms with Gasteiger partial charge in [0.1, 0.15) is 24.1 Å². The molecule has 0 amide bonds. The van der Waals surface area contributed by atoms with Crippen LogP contribution in [0.25, 0.3) is 0 Å². The topological polar surface area (TPSA) is 151 Å². The molecule has 1 fully saturated rings. The third-order valence-electron chi connectivity index (χ3n) is 4.73. The summed E-state index contributed by atoms with van der Waals surface area (Å²) in [4.78, 5) is 22.1. The zero-order valence-electron chi connectivity index (χ0n) is 17.4. The Hall–Kier alpha value is -2.76. The minimum absolute atomic E-state index is 0.107. The summed E-state index contributed by atoms with van der Waals surface area (Å²) in [6.07, 6.45) is 0.388. The Morgan fingerprint density at radius 3 is 2.75 bits per heavy atom. The highest BCUT2D eigenvalue weighted by Crippen LogP contribution is 2.46. The van der Waals surface area contributed by atoms with E-state index in [9.17, 15) is 24.6 Å². The van der Waals surface area contributed by atoms with E-state index in [2.05, 4.69) is 9.82 Å². The number of aromatic nitrogens is 1. The van der Waals surface area contributed by atoms with Crippen LogP contribution in [0.3, 0.4) is 0 Å². The summed E-state index contributed by atoms with van der Waals surface area (Å²) in [5, 5.41) is 23.7. The number of methoxy groups -OCH3 is 1. The molecule has 13 heteroatoms. The van der Waals surface area contributed by atoms with Crippen molar-refractivity contribution in [1.82, 2.24) is 9.65 Å². The van der Waals surface area contributed by atoms with Gasteiger partial charge in [0.05, 0.1) is 30.9 Å². The Morgan fingerprint density at radius 2 is 2.12 bits per heavy atom. The lowest BCUT2D eigenvalue weighted by Crippen LogP contribution is -2.36. The monoisotopic (exact) mass is 469 g/mol. The number of nitrogens with one attached hydrogen (secondary N) is 1. The van der Waals surface area contributed by atoms with E-state index in [1.54, 1.807) is 30.3 Å². The van der Waals surface area contributed by atoms with Crippen LogP contribution in [0.1, 0.15) is 19.6 Å². The van der Waals surface area contributed by atoms with Gasteiger partial charge in [-0.15, -0.1) is 0 Å². The number of ether oxygens (including phenoxy) is 2. The number of nitro groups is 1. The van der Waals surface area contributed by atoms with Gasteiger partial charge in [-0.1, -0.05) is 18.2 Å². The van der Waals surface area contributed by atoms with Gasteiger partial charge in [-0.3, -0.25) is 19.4 Å². The fourth-order valence-electron chi connectivity index (χ4n) is 3.09. The van der Waals surface area contributed by atoms with Crippen LogP contribution in [-0.2, 0) is 23.4 Å². The van der Waals surface area contributed by atoms with E-state index in [1.807, 2.05) is 0 Å². The maximum Gasteiger partial charge on any atom is 0.459 e. The van der Waals surface area contributed by atoms with Crippen molar-refractivity contribution in [2.45, 2.75) is 37.8 Å². The largest absolute Gasteiger partial charge is 0.468 e. The van der Waals surface area contributed by atoms with E-state index < -0.39 is 43.1 Å². The molecule has 1 aromatic heterocycles. The van der Waals surface area contributed by atoms with E-state index in [1.165, 1.54) is 37.1 Å². The van der Waals surface area contributed by atoms with Crippen LogP contribution in [-0.4, -0.2) is 52.5 Å². The van der Waals surface area contributed by atoms with Crippen molar-refractivity contribution in [3.63, 3.8) is 0 Å². The lowest BCUT2D eigenvalue weighted by atomic mass is 10.2. The fraction of sp³-hybridized carbons (Fsp3) is 0.421. The number of benzene rings is 1. The van der Waals surface area contributed by atoms with E-state index in [0.717, 1.165) is 0 Å². The van der Waals surface area contributed by atoms with Gasteiger partial charge in [-0.05, 0) is 19.1 Å². The molecular formula is C19H24N3O9P. The molecule has 1 aliphatic rings. The van der Waals surface area contributed by atoms with Gasteiger partial charge in [0.2, 0.25) is 0 Å². The minimum Gasteiger partial charge on any atom is -0.468 e. The lowest BCUT2D eigenvalue weighted by Gasteiger charge is -2.24. The third-order valence-corrected chi connectivity index (χ3v) is 6.37. The first-order valence-electron chi connectivity index (χ1n) is 9.71. The van der Waals surface area contributed by atoms with Crippen molar-refractivity contribution >= 4 is 19.4 Å². The minimum atomic E-state index is -4.08. The standard InChI is InChI=1S/C19H24N3O9P/c1-13(19(24)28-2)20-32(27,31-15-6-4-3-5-7-15)29-12-17-16(23)10-18(30-17)21-9-8-14(11-21)22(25)26/h3-9,11,13,16-18,23H,10,12H2,1-2H3,(H,20,27)/t13?,16-,17+,18+,32?/m0/s1. The first-order valence-corrected chi connectivity index (χ1v) is 11.3. The first kappa shape index (κ1) is 23.9. The molecule has 12 nitrogen and oxygen atoms in total. The van der Waals surface area contributed by atoms with Crippen LogP contribution in [0.15, 0.2) is 48.8 Å². The zero-order chi connectivity index (χ0) is 23.3. The number of esters is 1. The molecule has 1 saturated heterocycles. The van der Waals surface area contributed by atoms with E-state index >= 15 is 0 Å². The number of nitrogens with zero attached hydrogens (tertiary/aromatic N) is 2. The molecule has 32 heavy (non-hydrogen) atoms. The fourth-order valence-corrected chi connectivity index (χ4v) is 4.59. The van der Waals surface area contributed by atoms with Gasteiger partial charge in [0, 0.05) is 18.7 Å². The Bertz CT molecular complexity index is 983. The molecule has 3 rings (SSSR count). The Kier molecular flexibility index (Phi) is 7.64. The van der Waals surface area contributed by atoms with Crippen molar-refractivity contribution in [2.24, 2.45) is 0 Å². The van der Waals surface area contributed by atoms with Crippen molar-refractivity contribution in [1.29, 1.82) is 0 Å². The molecule has 5 atom stereocenters. The Labute approximate surface area is 183 Å². The molecule has 2 heterocycles. The predicted octanol–water partition coefficient (Wildman–Crippen LogP) is 2.40. The van der Waals surface area contributed by atoms with Gasteiger partial charge < -0.3 is 23.7 Å². The lowest BCUT2D eigenvalue weighted by molar-refractivity contribution is -0.384. The maximum absolute atomic E-state index is 13.3. The van der Waals surface area contributed by atoms with Crippen LogP contribution in [0.2, 0.25) is 0 Å². The predicted molar refractivity (Wildman–Crippen MR) is 111 cm³/mol. The summed E-state index contributed by atoms with van der Waals surface area (Å²) in [5.41, 5.74) is -0.107. The normalized spacial score (nSPS) is 23.3. The van der Waals surface area contributed by atoms with Crippen molar-refractivity contribution in [2.75, 3.05) is 13.7 Å². The molecular weight excluding hydrogens is 445 g/mol. The average Bonchev–Trinajstić information content (AvgIpc) is 3.39. The van der Waals surface area contributed by atoms with Crippen molar-refractivity contribution in [3.05, 3.63) is 58.9 Å². The van der Waals surface area contributed by atoms with Crippen LogP contribution >= 0.6 is 7.75 Å². The van der Waals surface area contributed by atoms with Gasteiger partial charge in [0.15, 0.2) is 0 Å². The second kappa shape index (κ2) is 10.2. The molecule has 0 aliphatic carbocycles. The Balaban J connectivity index is 1.68. The summed E-state index contributed by atoms with van der Waals surface area (Å²) in [6.45, 7) is 1.11. The molecule has 0 radical (unpaired) electrons. The molecule has 1 aliphatic heterocycles. The van der Waals surface area contributed by atoms with Crippen molar-refractivity contribution in [3.8, 4) is 5.75 Å². The second-order valence-electron chi connectivity index (χ2n) is 7.08. The van der Waals surface area contributed by atoms with E-state index in [4.69, 9.17) is 13.8 Å². The van der Waals surface area contributed by atoms with E-state index in [-0.39, 0.29) is 24.5 Å². The number of rotatable bonds is 10. The summed E-state index contributed by atoms with van der Waals surface area (Å²) < 4.78 is 36.2. The third kappa shape index (κ3) is 5.93. The number of hydrogen-bond donors (Lipinski definition) is 2. The van der Waals surface area contributed by atoms with Crippen LogP contribution in [0.4, 0.5) is 5.69 Å². The summed E-state index contributed by atoms with van der Waals surface area (Å²) >= 11 is 0. The maximum atomic E-state index is 13.3. The highest BCUT2D eigenvalue weighted by molar-refractivity contribution is 7.52. The number of carbonyl (C=O) groups is 1. The zero-order valence-corrected chi connectivity index (χ0v) is 18.3. The SMILES string of the molecule is COC(=O)C(C)NP(=O)(OC[C@H]1O[C@@H](n2ccc([N+](=O)[O-])c2)C[C@@H]1O)Oc1ccccc1. The molecule has 1 aromatic carbocycles. The number of aliphatic hydroxyl groups excluding tert-OH is 1. The quantitative estimate of drug-likeness (QED) is 0.230. The van der Waals surface area contributed by atoms with Crippen LogP contribution < -0.4 is 9.61 Å².